The van der Waals surface area contributed by atoms with E-state index in [4.69, 9.17) is 14.2 Å². The molecule has 0 aliphatic carbocycles. The summed E-state index contributed by atoms with van der Waals surface area (Å²) < 4.78 is 16.3. The maximum Gasteiger partial charge on any atom is 0.118 e. The molecule has 0 saturated heterocycles. The molecule has 3 nitrogen and oxygen atoms in total. The van der Waals surface area contributed by atoms with E-state index in [0.717, 1.165) is 30.1 Å². The van der Waals surface area contributed by atoms with Crippen molar-refractivity contribution in [1.29, 1.82) is 0 Å². The lowest BCUT2D eigenvalue weighted by Crippen LogP contribution is -2.07. The molecule has 37 heavy (non-hydrogen) atoms. The van der Waals surface area contributed by atoms with Gasteiger partial charge in [-0.25, -0.2) is 0 Å². The molecule has 0 aromatic heterocycles. The van der Waals surface area contributed by atoms with Gasteiger partial charge in [0.1, 0.15) is 17.6 Å². The Kier molecular flexibility index (Phi) is 13.6. The Balaban J connectivity index is 0.000000247. The zero-order chi connectivity index (χ0) is 26.9. The number of hydrogen-bond acceptors (Lipinski definition) is 3. The predicted molar refractivity (Wildman–Crippen MR) is 156 cm³/mol. The van der Waals surface area contributed by atoms with E-state index in [0.29, 0.717) is 5.92 Å². The number of ether oxygens (including phenoxy) is 3. The van der Waals surface area contributed by atoms with Gasteiger partial charge in [-0.15, -0.1) is 0 Å². The summed E-state index contributed by atoms with van der Waals surface area (Å²) in [5.74, 6) is 2.20. The first-order valence-corrected chi connectivity index (χ1v) is 13.2. The van der Waals surface area contributed by atoms with Gasteiger partial charge < -0.3 is 14.2 Å². The summed E-state index contributed by atoms with van der Waals surface area (Å²) in [6, 6.07) is 37.2. The van der Waals surface area contributed by atoms with Crippen molar-refractivity contribution in [2.75, 3.05) is 20.8 Å². The van der Waals surface area contributed by atoms with Gasteiger partial charge in [0.05, 0.1) is 14.2 Å². The average molecular weight is 499 g/mol. The largest absolute Gasteiger partial charge is 0.497 e. The highest BCUT2D eigenvalue weighted by Crippen LogP contribution is 2.28. The van der Waals surface area contributed by atoms with Crippen LogP contribution in [0.2, 0.25) is 0 Å². The van der Waals surface area contributed by atoms with Crippen molar-refractivity contribution < 1.29 is 14.2 Å². The minimum atomic E-state index is -0.00736. The van der Waals surface area contributed by atoms with E-state index < -0.39 is 0 Å². The maximum atomic E-state index is 6.00. The highest BCUT2D eigenvalue weighted by molar-refractivity contribution is 5.36. The van der Waals surface area contributed by atoms with Crippen molar-refractivity contribution in [3.05, 3.63) is 131 Å². The van der Waals surface area contributed by atoms with Crippen LogP contribution in [0.15, 0.2) is 109 Å². The molecule has 0 bridgehead atoms. The lowest BCUT2D eigenvalue weighted by molar-refractivity contribution is 0.0806. The fourth-order valence-electron chi connectivity index (χ4n) is 3.85. The molecular formula is C34H42O3. The second kappa shape index (κ2) is 17.0. The van der Waals surface area contributed by atoms with Crippen LogP contribution < -0.4 is 9.47 Å². The van der Waals surface area contributed by atoms with Gasteiger partial charge in [-0.3, -0.25) is 0 Å². The van der Waals surface area contributed by atoms with E-state index in [1.165, 1.54) is 16.7 Å². The Morgan fingerprint density at radius 2 is 0.919 bits per heavy atom. The Labute approximate surface area is 224 Å². The number of benzene rings is 4. The fraction of sp³-hybridized carbons (Fsp3) is 0.294. The summed E-state index contributed by atoms with van der Waals surface area (Å²) in [5, 5.41) is 0. The summed E-state index contributed by atoms with van der Waals surface area (Å²) in [4.78, 5) is 0. The smallest absolute Gasteiger partial charge is 0.118 e. The third-order valence-electron chi connectivity index (χ3n) is 5.92. The summed E-state index contributed by atoms with van der Waals surface area (Å²) in [5.41, 5.74) is 4.99. The molecule has 2 unspecified atom stereocenters. The van der Waals surface area contributed by atoms with Gasteiger partial charge in [0.2, 0.25) is 0 Å². The zero-order valence-corrected chi connectivity index (χ0v) is 23.2. The fourth-order valence-corrected chi connectivity index (χ4v) is 3.85. The highest BCUT2D eigenvalue weighted by Gasteiger charge is 2.14. The quantitative estimate of drug-likeness (QED) is 0.230. The van der Waals surface area contributed by atoms with Crippen LogP contribution in [0.5, 0.6) is 11.5 Å². The van der Waals surface area contributed by atoms with Crippen molar-refractivity contribution in [2.24, 2.45) is 0 Å². The topological polar surface area (TPSA) is 27.7 Å². The van der Waals surface area contributed by atoms with E-state index in [1.807, 2.05) is 62.4 Å². The van der Waals surface area contributed by atoms with Crippen molar-refractivity contribution in [2.45, 2.75) is 46.1 Å². The van der Waals surface area contributed by atoms with Gasteiger partial charge in [-0.1, -0.05) is 113 Å². The third kappa shape index (κ3) is 9.44. The molecule has 0 radical (unpaired) electrons. The molecule has 0 spiro atoms. The minimum Gasteiger partial charge on any atom is -0.497 e. The van der Waals surface area contributed by atoms with Crippen LogP contribution in [0, 0.1) is 0 Å². The number of hydrogen-bond donors (Lipinski definition) is 0. The molecule has 4 aromatic rings. The van der Waals surface area contributed by atoms with E-state index in [1.54, 1.807) is 14.2 Å². The second-order valence-electron chi connectivity index (χ2n) is 8.34. The van der Waals surface area contributed by atoms with Gasteiger partial charge in [0.25, 0.3) is 0 Å². The molecular weight excluding hydrogens is 456 g/mol. The summed E-state index contributed by atoms with van der Waals surface area (Å²) in [6.45, 7) is 9.10. The maximum absolute atomic E-state index is 6.00. The van der Waals surface area contributed by atoms with Gasteiger partial charge in [-0.05, 0) is 52.9 Å². The molecule has 0 aliphatic rings. The highest BCUT2D eigenvalue weighted by atomic mass is 16.5. The zero-order valence-electron chi connectivity index (χ0n) is 23.2. The number of methoxy groups -OCH3 is 2. The number of rotatable bonds is 9. The van der Waals surface area contributed by atoms with Crippen LogP contribution in [-0.2, 0) is 4.74 Å². The SMILES string of the molecule is CC.CCCOC(c1ccccc1)c1ccc(OC)cc1.COc1ccc(C(C)c2ccccc2)cc1. The Bertz CT molecular complexity index is 1090. The first-order valence-electron chi connectivity index (χ1n) is 13.2. The lowest BCUT2D eigenvalue weighted by atomic mass is 9.93. The second-order valence-corrected chi connectivity index (χ2v) is 8.34. The van der Waals surface area contributed by atoms with E-state index >= 15 is 0 Å². The summed E-state index contributed by atoms with van der Waals surface area (Å²) in [6.07, 6.45) is 1.01. The standard InChI is InChI=1S/C17H20O2.C15H16O.C2H6/c1-3-13-19-17(14-7-5-4-6-8-14)15-9-11-16(18-2)12-10-15;1-12(13-6-4-3-5-7-13)14-8-10-15(16-2)11-9-14;1-2/h4-12,17H,3,13H2,1-2H3;3-12H,1-2H3;1-2H3. The van der Waals surface area contributed by atoms with Gasteiger partial charge in [0, 0.05) is 12.5 Å². The van der Waals surface area contributed by atoms with Crippen molar-refractivity contribution >= 4 is 0 Å². The minimum absolute atomic E-state index is 0.00736. The van der Waals surface area contributed by atoms with E-state index in [9.17, 15) is 0 Å². The Hall–Kier alpha value is -3.56. The van der Waals surface area contributed by atoms with Crippen LogP contribution >= 0.6 is 0 Å². The van der Waals surface area contributed by atoms with Crippen LogP contribution in [-0.4, -0.2) is 20.8 Å². The van der Waals surface area contributed by atoms with Gasteiger partial charge in [-0.2, -0.15) is 0 Å². The van der Waals surface area contributed by atoms with Crippen LogP contribution in [0.4, 0.5) is 0 Å². The van der Waals surface area contributed by atoms with Crippen LogP contribution in [0.25, 0.3) is 0 Å². The van der Waals surface area contributed by atoms with Crippen molar-refractivity contribution in [3.63, 3.8) is 0 Å². The van der Waals surface area contributed by atoms with Crippen molar-refractivity contribution in [1.82, 2.24) is 0 Å². The average Bonchev–Trinajstić information content (AvgIpc) is 2.99. The van der Waals surface area contributed by atoms with Gasteiger partial charge >= 0.3 is 0 Å². The molecule has 0 fully saturated rings. The molecule has 0 saturated carbocycles. The van der Waals surface area contributed by atoms with Crippen molar-refractivity contribution in [3.8, 4) is 11.5 Å². The first-order chi connectivity index (χ1) is 18.2. The van der Waals surface area contributed by atoms with Gasteiger partial charge in [0.15, 0.2) is 0 Å². The van der Waals surface area contributed by atoms with E-state index in [2.05, 4.69) is 74.5 Å². The summed E-state index contributed by atoms with van der Waals surface area (Å²) >= 11 is 0. The molecule has 0 aliphatic heterocycles. The monoisotopic (exact) mass is 498 g/mol. The Morgan fingerprint density at radius 1 is 0.541 bits per heavy atom. The van der Waals surface area contributed by atoms with Crippen LogP contribution in [0.1, 0.15) is 68.4 Å². The predicted octanol–water partition coefficient (Wildman–Crippen LogP) is 9.08. The lowest BCUT2D eigenvalue weighted by Gasteiger charge is -2.19. The normalized spacial score (nSPS) is 11.6. The molecule has 0 N–H and O–H groups in total. The molecule has 2 atom stereocenters. The molecule has 4 rings (SSSR count). The first kappa shape index (κ1) is 29.7. The Morgan fingerprint density at radius 3 is 1.35 bits per heavy atom. The third-order valence-corrected chi connectivity index (χ3v) is 5.92. The summed E-state index contributed by atoms with van der Waals surface area (Å²) in [7, 11) is 3.37. The molecule has 3 heteroatoms. The molecule has 4 aromatic carbocycles. The molecule has 0 amide bonds. The van der Waals surface area contributed by atoms with E-state index in [-0.39, 0.29) is 6.10 Å². The molecule has 0 heterocycles. The van der Waals surface area contributed by atoms with Crippen LogP contribution in [0.3, 0.4) is 0 Å². The molecule has 196 valence electrons.